The van der Waals surface area contributed by atoms with Crippen LogP contribution in [0.25, 0.3) is 0 Å². The van der Waals surface area contributed by atoms with Crippen LogP contribution in [-0.4, -0.2) is 11.4 Å². The van der Waals surface area contributed by atoms with Gasteiger partial charge in [-0.05, 0) is 36.1 Å². The molecule has 0 N–H and O–H groups in total. The van der Waals surface area contributed by atoms with Crippen LogP contribution < -0.4 is 0 Å². The minimum atomic E-state index is 0.990. The van der Waals surface area contributed by atoms with Gasteiger partial charge in [-0.1, -0.05) is 45.9 Å². The monoisotopic (exact) mass is 287 g/mol. The fraction of sp³-hybridized carbons (Fsp3) is 0.474. The smallest absolute Gasteiger partial charge is 0.0947 e. The fourth-order valence-electron chi connectivity index (χ4n) is 2.63. The highest BCUT2D eigenvalue weighted by Crippen LogP contribution is 2.23. The second kappa shape index (κ2) is 9.41. The predicted octanol–water partition coefficient (Wildman–Crippen LogP) is 5.20. The Labute approximate surface area is 129 Å². The van der Waals surface area contributed by atoms with Crippen molar-refractivity contribution in [2.75, 3.05) is 6.54 Å². The third kappa shape index (κ3) is 4.75. The zero-order chi connectivity index (χ0) is 15.7. The number of hydrogen-bond donors (Lipinski definition) is 0. The van der Waals surface area contributed by atoms with E-state index in [1.54, 1.807) is 11.8 Å². The maximum Gasteiger partial charge on any atom is 0.0947 e. The lowest BCUT2D eigenvalue weighted by atomic mass is 9.95. The van der Waals surface area contributed by atoms with Crippen molar-refractivity contribution in [2.24, 2.45) is 0 Å². The molecule has 0 radical (unpaired) electrons. The largest absolute Gasteiger partial charge is 0.472 e. The minimum absolute atomic E-state index is 0.990. The van der Waals surface area contributed by atoms with Crippen LogP contribution in [0.5, 0.6) is 0 Å². The number of benzene rings is 1. The molecule has 1 aliphatic rings. The number of hydrogen-bond acceptors (Lipinski definition) is 2. The molecule has 0 amide bonds. The molecule has 21 heavy (non-hydrogen) atoms. The fourth-order valence-corrected chi connectivity index (χ4v) is 2.63. The van der Waals surface area contributed by atoms with Crippen LogP contribution in [0, 0.1) is 6.92 Å². The van der Waals surface area contributed by atoms with Gasteiger partial charge in [-0.25, -0.2) is 0 Å². The Morgan fingerprint density at radius 2 is 1.86 bits per heavy atom. The van der Waals surface area contributed by atoms with E-state index in [4.69, 9.17) is 4.42 Å². The highest BCUT2D eigenvalue weighted by molar-refractivity contribution is 5.36. The Hall–Kier alpha value is -1.54. The van der Waals surface area contributed by atoms with Gasteiger partial charge in [0.2, 0.25) is 0 Å². The lowest BCUT2D eigenvalue weighted by Crippen LogP contribution is -2.30. The van der Waals surface area contributed by atoms with E-state index >= 15 is 0 Å². The van der Waals surface area contributed by atoms with Crippen LogP contribution in [-0.2, 0) is 19.5 Å². The van der Waals surface area contributed by atoms with Gasteiger partial charge in [-0.3, -0.25) is 4.90 Å². The summed E-state index contributed by atoms with van der Waals surface area (Å²) in [7, 11) is 0. The lowest BCUT2D eigenvalue weighted by Gasteiger charge is -2.29. The van der Waals surface area contributed by atoms with E-state index in [9.17, 15) is 0 Å². The second-order valence-electron chi connectivity index (χ2n) is 4.80. The van der Waals surface area contributed by atoms with Gasteiger partial charge < -0.3 is 4.42 Å². The van der Waals surface area contributed by atoms with Crippen LogP contribution >= 0.6 is 0 Å². The van der Waals surface area contributed by atoms with E-state index in [2.05, 4.69) is 30.0 Å². The standard InChI is InChI=1S/C15H17NO.2C2H6/c1-12-3-2-4-14-10-16(7-5-15(12)14)9-13-6-8-17-11-13;2*1-2/h2-4,6,8,11H,5,7,9-10H2,1H3;2*1-2H3. The Bertz CT molecular complexity index is 502. The van der Waals surface area contributed by atoms with Gasteiger partial charge in [0.1, 0.15) is 0 Å². The summed E-state index contributed by atoms with van der Waals surface area (Å²) in [6.45, 7) is 13.4. The summed E-state index contributed by atoms with van der Waals surface area (Å²) < 4.78 is 5.12. The first-order valence-corrected chi connectivity index (χ1v) is 8.14. The van der Waals surface area contributed by atoms with Gasteiger partial charge >= 0.3 is 0 Å². The van der Waals surface area contributed by atoms with Crippen molar-refractivity contribution < 1.29 is 4.42 Å². The van der Waals surface area contributed by atoms with E-state index in [-0.39, 0.29) is 0 Å². The van der Waals surface area contributed by atoms with E-state index in [1.807, 2.05) is 40.0 Å². The predicted molar refractivity (Wildman–Crippen MR) is 90.4 cm³/mol. The van der Waals surface area contributed by atoms with Gasteiger partial charge in [0, 0.05) is 25.2 Å². The van der Waals surface area contributed by atoms with Crippen molar-refractivity contribution in [3.05, 3.63) is 59.0 Å². The molecular weight excluding hydrogens is 258 g/mol. The molecule has 2 heterocycles. The molecule has 2 heteroatoms. The van der Waals surface area contributed by atoms with Crippen molar-refractivity contribution in [2.45, 2.75) is 54.1 Å². The van der Waals surface area contributed by atoms with Crippen LogP contribution in [0.2, 0.25) is 0 Å². The first-order valence-electron chi connectivity index (χ1n) is 8.14. The first kappa shape index (κ1) is 17.5. The molecule has 2 nitrogen and oxygen atoms in total. The lowest BCUT2D eigenvalue weighted by molar-refractivity contribution is 0.244. The molecule has 2 aromatic rings. The van der Waals surface area contributed by atoms with Gasteiger partial charge in [0.15, 0.2) is 0 Å². The van der Waals surface area contributed by atoms with Crippen molar-refractivity contribution >= 4 is 0 Å². The summed E-state index contributed by atoms with van der Waals surface area (Å²) in [6, 6.07) is 8.68. The quantitative estimate of drug-likeness (QED) is 0.755. The molecule has 0 fully saturated rings. The Kier molecular flexibility index (Phi) is 7.84. The summed E-state index contributed by atoms with van der Waals surface area (Å²) in [5.41, 5.74) is 5.74. The number of aryl methyl sites for hydroxylation is 1. The average Bonchev–Trinajstić information content (AvgIpc) is 3.04. The van der Waals surface area contributed by atoms with Crippen molar-refractivity contribution in [1.82, 2.24) is 4.90 Å². The molecule has 0 unspecified atom stereocenters. The van der Waals surface area contributed by atoms with E-state index in [1.165, 1.54) is 23.1 Å². The molecule has 0 bridgehead atoms. The topological polar surface area (TPSA) is 16.4 Å². The van der Waals surface area contributed by atoms with Gasteiger partial charge in [0.25, 0.3) is 0 Å². The summed E-state index contributed by atoms with van der Waals surface area (Å²) in [4.78, 5) is 2.48. The second-order valence-corrected chi connectivity index (χ2v) is 4.80. The molecule has 116 valence electrons. The summed E-state index contributed by atoms with van der Waals surface area (Å²) in [5, 5.41) is 0. The molecule has 0 atom stereocenters. The van der Waals surface area contributed by atoms with Gasteiger partial charge in [-0.2, -0.15) is 0 Å². The summed E-state index contributed by atoms with van der Waals surface area (Å²) in [6.07, 6.45) is 4.75. The third-order valence-corrected chi connectivity index (χ3v) is 3.57. The number of rotatable bonds is 2. The highest BCUT2D eigenvalue weighted by Gasteiger charge is 2.17. The van der Waals surface area contributed by atoms with Crippen molar-refractivity contribution in [3.8, 4) is 0 Å². The van der Waals surface area contributed by atoms with Crippen LogP contribution in [0.3, 0.4) is 0 Å². The van der Waals surface area contributed by atoms with Crippen molar-refractivity contribution in [3.63, 3.8) is 0 Å². The SMILES string of the molecule is CC.CC.Cc1cccc2c1CCN(Cc1ccoc1)C2. The molecule has 1 aromatic heterocycles. The molecule has 0 spiro atoms. The summed E-state index contributed by atoms with van der Waals surface area (Å²) in [5.74, 6) is 0. The van der Waals surface area contributed by atoms with Crippen molar-refractivity contribution in [1.29, 1.82) is 0 Å². The van der Waals surface area contributed by atoms with E-state index in [0.717, 1.165) is 19.6 Å². The van der Waals surface area contributed by atoms with E-state index in [0.29, 0.717) is 0 Å². The van der Waals surface area contributed by atoms with E-state index < -0.39 is 0 Å². The first-order chi connectivity index (χ1) is 10.3. The minimum Gasteiger partial charge on any atom is -0.472 e. The maximum absolute atomic E-state index is 5.12. The molecule has 1 aliphatic heterocycles. The molecule has 0 saturated carbocycles. The zero-order valence-electron chi connectivity index (χ0n) is 14.1. The number of nitrogens with zero attached hydrogens (tertiary/aromatic N) is 1. The summed E-state index contributed by atoms with van der Waals surface area (Å²) >= 11 is 0. The number of furan rings is 1. The zero-order valence-corrected chi connectivity index (χ0v) is 14.1. The average molecular weight is 287 g/mol. The maximum atomic E-state index is 5.12. The van der Waals surface area contributed by atoms with Crippen LogP contribution in [0.1, 0.15) is 49.9 Å². The molecule has 0 aliphatic carbocycles. The molecule has 1 aromatic carbocycles. The Balaban J connectivity index is 0.000000510. The Morgan fingerprint density at radius 1 is 1.10 bits per heavy atom. The normalized spacial score (nSPS) is 13.4. The van der Waals surface area contributed by atoms with Gasteiger partial charge in [-0.15, -0.1) is 0 Å². The Morgan fingerprint density at radius 3 is 2.52 bits per heavy atom. The molecule has 3 rings (SSSR count). The third-order valence-electron chi connectivity index (χ3n) is 3.57. The highest BCUT2D eigenvalue weighted by atomic mass is 16.3. The molecular formula is C19H29NO. The number of fused-ring (bicyclic) bond motifs is 1. The van der Waals surface area contributed by atoms with Crippen LogP contribution in [0.4, 0.5) is 0 Å². The van der Waals surface area contributed by atoms with Crippen LogP contribution in [0.15, 0.2) is 41.2 Å². The van der Waals surface area contributed by atoms with Gasteiger partial charge in [0.05, 0.1) is 12.5 Å². The molecule has 0 saturated heterocycles.